The van der Waals surface area contributed by atoms with E-state index in [9.17, 15) is 9.59 Å². The molecule has 4 rings (SSSR count). The number of ether oxygens (including phenoxy) is 1. The summed E-state index contributed by atoms with van der Waals surface area (Å²) in [7, 11) is 1.85. The van der Waals surface area contributed by atoms with Crippen LogP contribution in [-0.2, 0) is 9.59 Å². The highest BCUT2D eigenvalue weighted by Crippen LogP contribution is 2.40. The van der Waals surface area contributed by atoms with Crippen molar-refractivity contribution in [2.24, 2.45) is 11.8 Å². The Balaban J connectivity index is 1.49. The zero-order chi connectivity index (χ0) is 26.0. The van der Waals surface area contributed by atoms with Crippen molar-refractivity contribution in [1.29, 1.82) is 0 Å². The Labute approximate surface area is 222 Å². The maximum absolute atomic E-state index is 13.6. The Morgan fingerprint density at radius 1 is 1.11 bits per heavy atom. The third-order valence-corrected chi connectivity index (χ3v) is 8.55. The lowest BCUT2D eigenvalue weighted by Gasteiger charge is -2.35. The third-order valence-electron chi connectivity index (χ3n) is 7.81. The van der Waals surface area contributed by atoms with Crippen molar-refractivity contribution in [3.05, 3.63) is 52.1 Å². The molecule has 2 amide bonds. The molecule has 0 radical (unpaired) electrons. The van der Waals surface area contributed by atoms with Gasteiger partial charge >= 0.3 is 0 Å². The fourth-order valence-corrected chi connectivity index (χ4v) is 5.85. The van der Waals surface area contributed by atoms with Crippen molar-refractivity contribution < 1.29 is 14.3 Å². The lowest BCUT2D eigenvalue weighted by Crippen LogP contribution is -2.42. The van der Waals surface area contributed by atoms with E-state index in [1.807, 2.05) is 31.0 Å². The number of carbonyl (C=O) groups excluding carboxylic acids is 2. The third kappa shape index (κ3) is 5.89. The SMILES string of the molecule is CC(=O)N(C)C1CCC(C(=O)N2CC([C@H](C)Oc3ccc(N)cn3)[C@@H](c3ccc(Cl)c(Cl)c3)C2)CC1. The van der Waals surface area contributed by atoms with E-state index in [1.54, 1.807) is 36.2 Å². The summed E-state index contributed by atoms with van der Waals surface area (Å²) in [6.45, 7) is 4.79. The zero-order valence-corrected chi connectivity index (χ0v) is 22.5. The molecule has 0 bridgehead atoms. The van der Waals surface area contributed by atoms with Crippen LogP contribution in [0.5, 0.6) is 5.88 Å². The quantitative estimate of drug-likeness (QED) is 0.564. The second-order valence-corrected chi connectivity index (χ2v) is 10.9. The van der Waals surface area contributed by atoms with Crippen LogP contribution in [0.3, 0.4) is 0 Å². The van der Waals surface area contributed by atoms with E-state index in [1.165, 1.54) is 0 Å². The number of benzene rings is 1. The molecule has 7 nitrogen and oxygen atoms in total. The molecule has 0 spiro atoms. The summed E-state index contributed by atoms with van der Waals surface area (Å²) in [6.07, 6.45) is 4.66. The van der Waals surface area contributed by atoms with Gasteiger partial charge in [0.1, 0.15) is 6.10 Å². The van der Waals surface area contributed by atoms with E-state index in [0.717, 1.165) is 31.2 Å². The first kappa shape index (κ1) is 26.6. The second kappa shape index (κ2) is 11.3. The number of carbonyl (C=O) groups is 2. The summed E-state index contributed by atoms with van der Waals surface area (Å²) in [4.78, 5) is 33.4. The minimum absolute atomic E-state index is 0.0233. The number of pyridine rings is 1. The highest BCUT2D eigenvalue weighted by Gasteiger charge is 2.42. The van der Waals surface area contributed by atoms with Gasteiger partial charge in [-0.15, -0.1) is 0 Å². The second-order valence-electron chi connectivity index (χ2n) is 10.1. The van der Waals surface area contributed by atoms with E-state index in [-0.39, 0.29) is 41.7 Å². The molecular weight excluding hydrogens is 499 g/mol. The number of rotatable bonds is 6. The first-order valence-corrected chi connectivity index (χ1v) is 13.2. The van der Waals surface area contributed by atoms with Crippen molar-refractivity contribution >= 4 is 40.7 Å². The van der Waals surface area contributed by atoms with Gasteiger partial charge in [-0.3, -0.25) is 9.59 Å². The Morgan fingerprint density at radius 2 is 1.83 bits per heavy atom. The largest absolute Gasteiger partial charge is 0.474 e. The van der Waals surface area contributed by atoms with E-state index >= 15 is 0 Å². The normalized spacial score (nSPS) is 24.9. The number of aromatic nitrogens is 1. The van der Waals surface area contributed by atoms with Gasteiger partial charge in [-0.25, -0.2) is 4.98 Å². The van der Waals surface area contributed by atoms with Gasteiger partial charge in [0.05, 0.1) is 21.9 Å². The van der Waals surface area contributed by atoms with Crippen molar-refractivity contribution in [3.63, 3.8) is 0 Å². The van der Waals surface area contributed by atoms with Gasteiger partial charge in [-0.05, 0) is 56.4 Å². The van der Waals surface area contributed by atoms with Gasteiger partial charge in [0.25, 0.3) is 0 Å². The maximum atomic E-state index is 13.6. The summed E-state index contributed by atoms with van der Waals surface area (Å²) < 4.78 is 6.19. The van der Waals surface area contributed by atoms with Crippen molar-refractivity contribution in [2.75, 3.05) is 25.9 Å². The molecule has 1 aromatic heterocycles. The number of nitrogens with zero attached hydrogens (tertiary/aromatic N) is 3. The summed E-state index contributed by atoms with van der Waals surface area (Å²) in [5, 5.41) is 1.00. The number of anilines is 1. The number of likely N-dealkylation sites (tertiary alicyclic amines) is 1. The lowest BCUT2D eigenvalue weighted by atomic mass is 9.84. The number of amides is 2. The first-order valence-electron chi connectivity index (χ1n) is 12.5. The fourth-order valence-electron chi connectivity index (χ4n) is 5.54. The molecule has 194 valence electrons. The molecule has 36 heavy (non-hydrogen) atoms. The van der Waals surface area contributed by atoms with Gasteiger partial charge in [0, 0.05) is 56.9 Å². The van der Waals surface area contributed by atoms with Crippen LogP contribution >= 0.6 is 23.2 Å². The lowest BCUT2D eigenvalue weighted by molar-refractivity contribution is -0.136. The van der Waals surface area contributed by atoms with Crippen LogP contribution in [0.4, 0.5) is 5.69 Å². The van der Waals surface area contributed by atoms with Gasteiger partial charge in [0.2, 0.25) is 17.7 Å². The van der Waals surface area contributed by atoms with Gasteiger partial charge in [-0.2, -0.15) is 0 Å². The molecule has 2 N–H and O–H groups in total. The minimum Gasteiger partial charge on any atom is -0.474 e. The Morgan fingerprint density at radius 3 is 2.44 bits per heavy atom. The molecule has 3 atom stereocenters. The Hall–Kier alpha value is -2.51. The van der Waals surface area contributed by atoms with Crippen LogP contribution in [0.25, 0.3) is 0 Å². The van der Waals surface area contributed by atoms with E-state index < -0.39 is 0 Å². The van der Waals surface area contributed by atoms with Crippen LogP contribution in [0, 0.1) is 11.8 Å². The molecule has 1 aliphatic heterocycles. The first-order chi connectivity index (χ1) is 17.1. The Kier molecular flexibility index (Phi) is 8.30. The smallest absolute Gasteiger partial charge is 0.225 e. The van der Waals surface area contributed by atoms with Gasteiger partial charge < -0.3 is 20.3 Å². The summed E-state index contributed by atoms with van der Waals surface area (Å²) in [5.41, 5.74) is 7.37. The summed E-state index contributed by atoms with van der Waals surface area (Å²) >= 11 is 12.5. The number of hydrogen-bond acceptors (Lipinski definition) is 5. The molecule has 2 aromatic rings. The number of nitrogens with two attached hydrogens (primary N) is 1. The molecule has 1 saturated carbocycles. The van der Waals surface area contributed by atoms with Crippen molar-refractivity contribution in [2.45, 2.75) is 57.6 Å². The van der Waals surface area contributed by atoms with Crippen molar-refractivity contribution in [1.82, 2.24) is 14.8 Å². The maximum Gasteiger partial charge on any atom is 0.225 e. The molecule has 2 aliphatic rings. The zero-order valence-electron chi connectivity index (χ0n) is 21.0. The molecule has 1 aliphatic carbocycles. The average molecular weight is 534 g/mol. The van der Waals surface area contributed by atoms with Crippen LogP contribution in [0.2, 0.25) is 10.0 Å². The summed E-state index contributed by atoms with van der Waals surface area (Å²) in [5.74, 6) is 0.830. The molecule has 9 heteroatoms. The topological polar surface area (TPSA) is 88.8 Å². The molecule has 1 unspecified atom stereocenters. The predicted octanol–water partition coefficient (Wildman–Crippen LogP) is 5.02. The van der Waals surface area contributed by atoms with E-state index in [2.05, 4.69) is 4.98 Å². The van der Waals surface area contributed by atoms with Crippen molar-refractivity contribution in [3.8, 4) is 5.88 Å². The number of hydrogen-bond donors (Lipinski definition) is 1. The minimum atomic E-state index is -0.196. The van der Waals surface area contributed by atoms with Gasteiger partial charge in [0.15, 0.2) is 0 Å². The average Bonchev–Trinajstić information content (AvgIpc) is 3.32. The highest BCUT2D eigenvalue weighted by molar-refractivity contribution is 6.42. The molecule has 1 saturated heterocycles. The predicted molar refractivity (Wildman–Crippen MR) is 142 cm³/mol. The summed E-state index contributed by atoms with van der Waals surface area (Å²) in [6, 6.07) is 9.41. The standard InChI is InChI=1S/C27H34Cl2N4O3/c1-16(36-26-11-7-20(30)13-31-26)22-14-33(15-23(22)19-6-10-24(28)25(29)12-19)27(35)18-4-8-21(9-5-18)32(3)17(2)34/h6-7,10-13,16,18,21-23H,4-5,8-9,14-15,30H2,1-3H3/t16-,18?,21?,22?,23+/m0/s1. The number of halogens is 2. The molecule has 2 fully saturated rings. The Bertz CT molecular complexity index is 1090. The highest BCUT2D eigenvalue weighted by atomic mass is 35.5. The van der Waals surface area contributed by atoms with Crippen LogP contribution in [0.15, 0.2) is 36.5 Å². The van der Waals surface area contributed by atoms with E-state index in [4.69, 9.17) is 33.7 Å². The number of nitrogen functional groups attached to an aromatic ring is 1. The monoisotopic (exact) mass is 532 g/mol. The molecular formula is C27H34Cl2N4O3. The van der Waals surface area contributed by atoms with Gasteiger partial charge in [-0.1, -0.05) is 29.3 Å². The fraction of sp³-hybridized carbons (Fsp3) is 0.519. The molecule has 2 heterocycles. The van der Waals surface area contributed by atoms with Crippen LogP contribution < -0.4 is 10.5 Å². The van der Waals surface area contributed by atoms with E-state index in [0.29, 0.717) is 34.7 Å². The van der Waals surface area contributed by atoms with Crippen LogP contribution in [0.1, 0.15) is 51.0 Å². The molecule has 1 aromatic carbocycles. The van der Waals surface area contributed by atoms with Crippen LogP contribution in [-0.4, -0.2) is 58.9 Å².